The fourth-order valence-electron chi connectivity index (χ4n) is 3.80. The topological polar surface area (TPSA) is 74.6 Å². The van der Waals surface area contributed by atoms with Crippen LogP contribution in [0.15, 0.2) is 54.6 Å². The zero-order valence-corrected chi connectivity index (χ0v) is 18.8. The van der Waals surface area contributed by atoms with Crippen molar-refractivity contribution in [1.29, 1.82) is 0 Å². The fourth-order valence-corrected chi connectivity index (χ4v) is 3.80. The highest BCUT2D eigenvalue weighted by Crippen LogP contribution is 2.28. The van der Waals surface area contributed by atoms with Gasteiger partial charge in [-0.15, -0.1) is 5.10 Å². The summed E-state index contributed by atoms with van der Waals surface area (Å²) in [7, 11) is 0. The lowest BCUT2D eigenvalue weighted by Gasteiger charge is -2.27. The van der Waals surface area contributed by atoms with Crippen LogP contribution in [0.25, 0.3) is 10.9 Å². The summed E-state index contributed by atoms with van der Waals surface area (Å²) >= 11 is 0. The molecule has 7 nitrogen and oxygen atoms in total. The van der Waals surface area contributed by atoms with E-state index in [0.29, 0.717) is 31.5 Å². The molecule has 1 aliphatic heterocycles. The van der Waals surface area contributed by atoms with Gasteiger partial charge in [0.1, 0.15) is 12.4 Å². The van der Waals surface area contributed by atoms with Gasteiger partial charge in [0.2, 0.25) is 5.88 Å². The minimum Gasteiger partial charge on any atom is -0.492 e. The summed E-state index contributed by atoms with van der Waals surface area (Å²) in [6.45, 7) is 6.76. The maximum Gasteiger partial charge on any atom is 0.263 e. The van der Waals surface area contributed by atoms with E-state index < -0.39 is 5.60 Å². The molecule has 32 heavy (non-hydrogen) atoms. The standard InChI is InChI=1S/C25H31N3O4/c1-25(2,24(29)26-18-19-12-15-30-16-13-19)32-23-21-10-6-7-11-22(21)28(27-23)14-17-31-20-8-4-3-5-9-20/h3-11,19H,12-18H2,1-2H3,(H,26,29). The van der Waals surface area contributed by atoms with Gasteiger partial charge in [-0.3, -0.25) is 9.48 Å². The van der Waals surface area contributed by atoms with Crippen LogP contribution < -0.4 is 14.8 Å². The van der Waals surface area contributed by atoms with Crippen LogP contribution in [0.2, 0.25) is 0 Å². The van der Waals surface area contributed by atoms with Gasteiger partial charge in [0, 0.05) is 19.8 Å². The first-order valence-corrected chi connectivity index (χ1v) is 11.2. The molecular weight excluding hydrogens is 406 g/mol. The monoisotopic (exact) mass is 437 g/mol. The lowest BCUT2D eigenvalue weighted by atomic mass is 10.00. The second-order valence-electron chi connectivity index (χ2n) is 8.59. The van der Waals surface area contributed by atoms with Gasteiger partial charge in [0.05, 0.1) is 17.4 Å². The summed E-state index contributed by atoms with van der Waals surface area (Å²) in [4.78, 5) is 12.9. The number of hydrogen-bond acceptors (Lipinski definition) is 5. The molecule has 3 aromatic rings. The van der Waals surface area contributed by atoms with Crippen molar-refractivity contribution in [3.8, 4) is 11.6 Å². The number of rotatable bonds is 9. The first kappa shape index (κ1) is 22.1. The smallest absolute Gasteiger partial charge is 0.263 e. The van der Waals surface area contributed by atoms with Crippen LogP contribution in [-0.2, 0) is 16.1 Å². The van der Waals surface area contributed by atoms with E-state index in [0.717, 1.165) is 42.7 Å². The Morgan fingerprint density at radius 3 is 2.62 bits per heavy atom. The minimum atomic E-state index is -1.05. The van der Waals surface area contributed by atoms with E-state index in [4.69, 9.17) is 14.2 Å². The molecule has 170 valence electrons. The molecule has 1 amide bonds. The van der Waals surface area contributed by atoms with E-state index in [-0.39, 0.29) is 5.91 Å². The Kier molecular flexibility index (Phi) is 6.95. The number of amides is 1. The summed E-state index contributed by atoms with van der Waals surface area (Å²) in [5, 5.41) is 8.57. The summed E-state index contributed by atoms with van der Waals surface area (Å²) in [5.41, 5.74) is -0.106. The van der Waals surface area contributed by atoms with Gasteiger partial charge in [-0.2, -0.15) is 0 Å². The molecule has 0 bridgehead atoms. The first-order chi connectivity index (χ1) is 15.5. The molecule has 0 unspecified atom stereocenters. The molecule has 0 radical (unpaired) electrons. The van der Waals surface area contributed by atoms with Gasteiger partial charge in [-0.1, -0.05) is 30.3 Å². The van der Waals surface area contributed by atoms with Crippen molar-refractivity contribution in [3.05, 3.63) is 54.6 Å². The van der Waals surface area contributed by atoms with Gasteiger partial charge in [-0.25, -0.2) is 0 Å². The van der Waals surface area contributed by atoms with Crippen LogP contribution in [0.3, 0.4) is 0 Å². The van der Waals surface area contributed by atoms with Gasteiger partial charge in [0.25, 0.3) is 5.91 Å². The van der Waals surface area contributed by atoms with Crippen LogP contribution >= 0.6 is 0 Å². The summed E-state index contributed by atoms with van der Waals surface area (Å²) in [5.74, 6) is 1.58. The van der Waals surface area contributed by atoms with E-state index >= 15 is 0 Å². The molecule has 1 aromatic heterocycles. The molecule has 1 N–H and O–H groups in total. The highest BCUT2D eigenvalue weighted by atomic mass is 16.5. The van der Waals surface area contributed by atoms with Crippen molar-refractivity contribution in [3.63, 3.8) is 0 Å². The third kappa shape index (κ3) is 5.40. The highest BCUT2D eigenvalue weighted by Gasteiger charge is 2.32. The van der Waals surface area contributed by atoms with Crippen molar-refractivity contribution in [1.82, 2.24) is 15.1 Å². The Balaban J connectivity index is 1.41. The number of carbonyl (C=O) groups excluding carboxylic acids is 1. The van der Waals surface area contributed by atoms with E-state index in [2.05, 4.69) is 10.4 Å². The van der Waals surface area contributed by atoms with Gasteiger partial charge in [0.15, 0.2) is 5.60 Å². The third-order valence-corrected chi connectivity index (χ3v) is 5.73. The normalized spacial score (nSPS) is 14.9. The largest absolute Gasteiger partial charge is 0.492 e. The van der Waals surface area contributed by atoms with Crippen molar-refractivity contribution < 1.29 is 19.0 Å². The molecule has 1 aliphatic rings. The molecule has 1 saturated heterocycles. The quantitative estimate of drug-likeness (QED) is 0.551. The third-order valence-electron chi connectivity index (χ3n) is 5.73. The highest BCUT2D eigenvalue weighted by molar-refractivity contribution is 5.87. The number of aromatic nitrogens is 2. The summed E-state index contributed by atoms with van der Waals surface area (Å²) < 4.78 is 19.2. The van der Waals surface area contributed by atoms with E-state index in [9.17, 15) is 4.79 Å². The predicted octanol–water partition coefficient (Wildman–Crippen LogP) is 3.82. The molecule has 0 spiro atoms. The average molecular weight is 438 g/mol. The molecule has 4 rings (SSSR count). The van der Waals surface area contributed by atoms with Crippen molar-refractivity contribution in [2.75, 3.05) is 26.4 Å². The van der Waals surface area contributed by atoms with E-state index in [1.807, 2.05) is 59.3 Å². The molecule has 1 fully saturated rings. The van der Waals surface area contributed by atoms with Crippen molar-refractivity contribution in [2.24, 2.45) is 5.92 Å². The number of para-hydroxylation sites is 2. The molecule has 0 atom stereocenters. The van der Waals surface area contributed by atoms with E-state index in [1.165, 1.54) is 0 Å². The van der Waals surface area contributed by atoms with Gasteiger partial charge < -0.3 is 19.5 Å². The predicted molar refractivity (Wildman–Crippen MR) is 123 cm³/mol. The van der Waals surface area contributed by atoms with Gasteiger partial charge >= 0.3 is 0 Å². The molecule has 0 saturated carbocycles. The number of ether oxygens (including phenoxy) is 3. The number of carbonyl (C=O) groups is 1. The molecule has 7 heteroatoms. The molecular formula is C25H31N3O4. The Bertz CT molecular complexity index is 1030. The number of nitrogens with one attached hydrogen (secondary N) is 1. The average Bonchev–Trinajstić information content (AvgIpc) is 3.15. The Hall–Kier alpha value is -3.06. The van der Waals surface area contributed by atoms with Crippen LogP contribution in [-0.4, -0.2) is 47.7 Å². The number of fused-ring (bicyclic) bond motifs is 1. The SMILES string of the molecule is CC(C)(Oc1nn(CCOc2ccccc2)c2ccccc12)C(=O)NCC1CCOCC1. The number of benzene rings is 2. The maximum atomic E-state index is 12.9. The maximum absolute atomic E-state index is 12.9. The van der Waals surface area contributed by atoms with Crippen LogP contribution in [0.4, 0.5) is 0 Å². The molecule has 0 aliphatic carbocycles. The van der Waals surface area contributed by atoms with Crippen LogP contribution in [0.1, 0.15) is 26.7 Å². The van der Waals surface area contributed by atoms with Crippen LogP contribution in [0, 0.1) is 5.92 Å². The van der Waals surface area contributed by atoms with E-state index in [1.54, 1.807) is 13.8 Å². The second-order valence-corrected chi connectivity index (χ2v) is 8.59. The van der Waals surface area contributed by atoms with Crippen molar-refractivity contribution in [2.45, 2.75) is 38.8 Å². The lowest BCUT2D eigenvalue weighted by molar-refractivity contribution is -0.134. The molecule has 2 heterocycles. The minimum absolute atomic E-state index is 0.143. The zero-order chi connectivity index (χ0) is 22.4. The van der Waals surface area contributed by atoms with Crippen LogP contribution in [0.5, 0.6) is 11.6 Å². The first-order valence-electron chi connectivity index (χ1n) is 11.2. The number of hydrogen-bond donors (Lipinski definition) is 1. The zero-order valence-electron chi connectivity index (χ0n) is 18.8. The summed E-state index contributed by atoms with van der Waals surface area (Å²) in [6.07, 6.45) is 1.95. The number of nitrogens with zero attached hydrogens (tertiary/aromatic N) is 2. The second kappa shape index (κ2) is 10.0. The summed E-state index contributed by atoms with van der Waals surface area (Å²) in [6, 6.07) is 17.6. The fraction of sp³-hybridized carbons (Fsp3) is 0.440. The lowest BCUT2D eigenvalue weighted by Crippen LogP contribution is -2.48. The molecule has 2 aromatic carbocycles. The Morgan fingerprint density at radius 1 is 1.12 bits per heavy atom. The Morgan fingerprint density at radius 2 is 1.84 bits per heavy atom. The van der Waals surface area contributed by atoms with Crippen molar-refractivity contribution >= 4 is 16.8 Å². The van der Waals surface area contributed by atoms with Gasteiger partial charge in [-0.05, 0) is 56.9 Å². The Labute approximate surface area is 188 Å².